The molecule has 0 aromatic heterocycles. The Hall–Kier alpha value is -2.00. The van der Waals surface area contributed by atoms with E-state index in [-0.39, 0.29) is 12.4 Å². The smallest absolute Gasteiger partial charge is 0.343 e. The largest absolute Gasteiger partial charge is 0.490 e. The van der Waals surface area contributed by atoms with Gasteiger partial charge < -0.3 is 14.2 Å². The SMILES string of the molecule is CCOc1cc(/C=C2\Sc3ccccc3C2=O)cc(I)c1OCC(=O)OC. The number of thioether (sulfide) groups is 1. The minimum atomic E-state index is -0.467. The van der Waals surface area contributed by atoms with E-state index in [2.05, 4.69) is 27.3 Å². The number of fused-ring (bicyclic) bond motifs is 1. The summed E-state index contributed by atoms with van der Waals surface area (Å²) < 4.78 is 16.6. The number of hydrogen-bond acceptors (Lipinski definition) is 6. The molecule has 0 saturated carbocycles. The quantitative estimate of drug-likeness (QED) is 0.332. The van der Waals surface area contributed by atoms with Crippen LogP contribution in [-0.2, 0) is 9.53 Å². The summed E-state index contributed by atoms with van der Waals surface area (Å²) in [7, 11) is 1.31. The molecule has 0 fully saturated rings. The van der Waals surface area contributed by atoms with Crippen LogP contribution in [0.2, 0.25) is 0 Å². The summed E-state index contributed by atoms with van der Waals surface area (Å²) in [5.74, 6) is 0.562. The Bertz CT molecular complexity index is 923. The number of ketones is 1. The molecule has 0 atom stereocenters. The fraction of sp³-hybridized carbons (Fsp3) is 0.200. The highest BCUT2D eigenvalue weighted by atomic mass is 127. The van der Waals surface area contributed by atoms with E-state index in [0.717, 1.165) is 19.6 Å². The van der Waals surface area contributed by atoms with Gasteiger partial charge in [0, 0.05) is 10.5 Å². The second kappa shape index (κ2) is 8.79. The number of esters is 1. The molecule has 2 aromatic carbocycles. The lowest BCUT2D eigenvalue weighted by molar-refractivity contribution is -0.142. The Morgan fingerprint density at radius 1 is 1.22 bits per heavy atom. The highest BCUT2D eigenvalue weighted by Gasteiger charge is 2.25. The molecular formula is C20H17IO5S. The van der Waals surface area contributed by atoms with Crippen LogP contribution in [0.3, 0.4) is 0 Å². The number of halogens is 1. The number of allylic oxidation sites excluding steroid dienone is 1. The van der Waals surface area contributed by atoms with E-state index in [9.17, 15) is 9.59 Å². The van der Waals surface area contributed by atoms with Gasteiger partial charge in [-0.2, -0.15) is 0 Å². The fourth-order valence-corrected chi connectivity index (χ4v) is 4.38. The molecule has 0 radical (unpaired) electrons. The standard InChI is InChI=1S/C20H17IO5S/c1-3-25-15-9-12(8-14(21)20(15)26-11-18(22)24-2)10-17-19(23)13-6-4-5-7-16(13)27-17/h4-10H,3,11H2,1-2H3/b17-10-. The maximum Gasteiger partial charge on any atom is 0.343 e. The van der Waals surface area contributed by atoms with Gasteiger partial charge in [0.2, 0.25) is 5.78 Å². The first-order valence-electron chi connectivity index (χ1n) is 8.22. The normalized spacial score (nSPS) is 14.2. The zero-order valence-corrected chi connectivity index (χ0v) is 17.8. The van der Waals surface area contributed by atoms with E-state index < -0.39 is 5.97 Å². The topological polar surface area (TPSA) is 61.8 Å². The first kappa shape index (κ1) is 19.8. The van der Waals surface area contributed by atoms with Crippen LogP contribution in [0.4, 0.5) is 0 Å². The van der Waals surface area contributed by atoms with Crippen molar-refractivity contribution in [3.05, 3.63) is 56.0 Å². The van der Waals surface area contributed by atoms with Crippen LogP contribution in [0.15, 0.2) is 46.2 Å². The van der Waals surface area contributed by atoms with Crippen LogP contribution in [0.25, 0.3) is 6.08 Å². The molecule has 0 spiro atoms. The zero-order valence-electron chi connectivity index (χ0n) is 14.8. The summed E-state index contributed by atoms with van der Waals surface area (Å²) >= 11 is 3.59. The second-order valence-corrected chi connectivity index (χ2v) is 7.81. The van der Waals surface area contributed by atoms with Crippen molar-refractivity contribution in [1.82, 2.24) is 0 Å². The number of methoxy groups -OCH3 is 1. The predicted octanol–water partition coefficient (Wildman–Crippen LogP) is 4.57. The van der Waals surface area contributed by atoms with Gasteiger partial charge in [0.1, 0.15) is 0 Å². The number of ether oxygens (including phenoxy) is 3. The molecule has 2 aromatic rings. The molecule has 1 aliphatic heterocycles. The van der Waals surface area contributed by atoms with Gasteiger partial charge in [-0.1, -0.05) is 23.9 Å². The first-order chi connectivity index (χ1) is 13.0. The Labute approximate surface area is 175 Å². The van der Waals surface area contributed by atoms with Crippen molar-refractivity contribution in [1.29, 1.82) is 0 Å². The van der Waals surface area contributed by atoms with Gasteiger partial charge in [-0.25, -0.2) is 4.79 Å². The van der Waals surface area contributed by atoms with Crippen molar-refractivity contribution in [3.63, 3.8) is 0 Å². The summed E-state index contributed by atoms with van der Waals surface area (Å²) in [6.07, 6.45) is 1.85. The van der Waals surface area contributed by atoms with Gasteiger partial charge in [-0.3, -0.25) is 4.79 Å². The Morgan fingerprint density at radius 3 is 2.70 bits per heavy atom. The minimum absolute atomic E-state index is 0.0228. The fourth-order valence-electron chi connectivity index (χ4n) is 2.55. The number of carbonyl (C=O) groups is 2. The van der Waals surface area contributed by atoms with Crippen molar-refractivity contribution >= 4 is 52.2 Å². The molecule has 0 unspecified atom stereocenters. The minimum Gasteiger partial charge on any atom is -0.490 e. The monoisotopic (exact) mass is 496 g/mol. The van der Waals surface area contributed by atoms with E-state index in [4.69, 9.17) is 9.47 Å². The van der Waals surface area contributed by atoms with E-state index >= 15 is 0 Å². The van der Waals surface area contributed by atoms with E-state index in [1.54, 1.807) is 0 Å². The number of benzene rings is 2. The van der Waals surface area contributed by atoms with Gasteiger partial charge in [-0.05, 0) is 65.4 Å². The van der Waals surface area contributed by atoms with Crippen molar-refractivity contribution in [2.24, 2.45) is 0 Å². The van der Waals surface area contributed by atoms with Crippen LogP contribution in [-0.4, -0.2) is 32.1 Å². The maximum absolute atomic E-state index is 12.6. The van der Waals surface area contributed by atoms with Crippen LogP contribution in [0.1, 0.15) is 22.8 Å². The molecule has 3 rings (SSSR count). The van der Waals surface area contributed by atoms with E-state index in [1.807, 2.05) is 49.4 Å². The summed E-state index contributed by atoms with van der Waals surface area (Å²) in [4.78, 5) is 25.6. The number of hydrogen-bond donors (Lipinski definition) is 0. The molecule has 7 heteroatoms. The third kappa shape index (κ3) is 4.47. The van der Waals surface area contributed by atoms with Gasteiger partial charge >= 0.3 is 5.97 Å². The number of Topliss-reactive ketones (excluding diaryl/α,β-unsaturated/α-hetero) is 1. The third-order valence-corrected chi connectivity index (χ3v) is 5.67. The summed E-state index contributed by atoms with van der Waals surface area (Å²) in [6, 6.07) is 11.3. The Balaban J connectivity index is 1.91. The Morgan fingerprint density at radius 2 is 2.00 bits per heavy atom. The summed E-state index contributed by atoms with van der Waals surface area (Å²) in [6.45, 7) is 2.12. The molecule has 0 aliphatic carbocycles. The predicted molar refractivity (Wildman–Crippen MR) is 112 cm³/mol. The van der Waals surface area contributed by atoms with E-state index in [0.29, 0.717) is 23.0 Å². The van der Waals surface area contributed by atoms with Crippen molar-refractivity contribution in [2.75, 3.05) is 20.3 Å². The average Bonchev–Trinajstić information content (AvgIpc) is 2.97. The average molecular weight is 496 g/mol. The van der Waals surface area contributed by atoms with Crippen molar-refractivity contribution in [3.8, 4) is 11.5 Å². The lowest BCUT2D eigenvalue weighted by Gasteiger charge is -2.14. The molecule has 140 valence electrons. The lowest BCUT2D eigenvalue weighted by atomic mass is 10.1. The summed E-state index contributed by atoms with van der Waals surface area (Å²) in [5.41, 5.74) is 1.56. The molecule has 0 bridgehead atoms. The Kier molecular flexibility index (Phi) is 6.43. The number of rotatable bonds is 6. The molecule has 1 aliphatic rings. The second-order valence-electron chi connectivity index (χ2n) is 5.56. The van der Waals surface area contributed by atoms with Crippen LogP contribution < -0.4 is 9.47 Å². The first-order valence-corrected chi connectivity index (χ1v) is 10.1. The highest BCUT2D eigenvalue weighted by Crippen LogP contribution is 2.42. The lowest BCUT2D eigenvalue weighted by Crippen LogP contribution is -2.14. The maximum atomic E-state index is 12.6. The molecule has 5 nitrogen and oxygen atoms in total. The van der Waals surface area contributed by atoms with Gasteiger partial charge in [0.15, 0.2) is 18.1 Å². The summed E-state index contributed by atoms with van der Waals surface area (Å²) in [5, 5.41) is 0. The molecule has 27 heavy (non-hydrogen) atoms. The number of carbonyl (C=O) groups excluding carboxylic acids is 2. The van der Waals surface area contributed by atoms with Crippen molar-refractivity contribution < 1.29 is 23.8 Å². The highest BCUT2D eigenvalue weighted by molar-refractivity contribution is 14.1. The zero-order chi connectivity index (χ0) is 19.4. The van der Waals surface area contributed by atoms with Crippen molar-refractivity contribution in [2.45, 2.75) is 11.8 Å². The van der Waals surface area contributed by atoms with Gasteiger partial charge in [0.25, 0.3) is 0 Å². The van der Waals surface area contributed by atoms with Crippen LogP contribution in [0.5, 0.6) is 11.5 Å². The third-order valence-electron chi connectivity index (χ3n) is 3.77. The van der Waals surface area contributed by atoms with Crippen LogP contribution >= 0.6 is 34.4 Å². The molecule has 0 N–H and O–H groups in total. The van der Waals surface area contributed by atoms with Gasteiger partial charge in [0.05, 0.1) is 22.2 Å². The molecule has 0 amide bonds. The molecule has 1 heterocycles. The molecule has 0 saturated heterocycles. The molecular weight excluding hydrogens is 479 g/mol. The van der Waals surface area contributed by atoms with E-state index in [1.165, 1.54) is 18.9 Å². The van der Waals surface area contributed by atoms with Crippen LogP contribution in [0, 0.1) is 3.57 Å². The van der Waals surface area contributed by atoms with Gasteiger partial charge in [-0.15, -0.1) is 0 Å².